The Labute approximate surface area is 155 Å². The third-order valence-corrected chi connectivity index (χ3v) is 6.15. The van der Waals surface area contributed by atoms with Crippen LogP contribution in [-0.2, 0) is 5.41 Å². The summed E-state index contributed by atoms with van der Waals surface area (Å²) in [6, 6.07) is 12.6. The van der Waals surface area contributed by atoms with Crippen molar-refractivity contribution in [1.82, 2.24) is 0 Å². The first-order chi connectivity index (χ1) is 11.5. The van der Waals surface area contributed by atoms with Crippen LogP contribution in [0.25, 0.3) is 0 Å². The van der Waals surface area contributed by atoms with Crippen molar-refractivity contribution in [3.63, 3.8) is 0 Å². The molecule has 4 N–H and O–H groups in total. The number of nitrogen functional groups attached to an aromatic ring is 2. The minimum Gasteiger partial charge on any atom is -0.398 e. The van der Waals surface area contributed by atoms with E-state index in [1.54, 1.807) is 0 Å². The van der Waals surface area contributed by atoms with Crippen molar-refractivity contribution < 1.29 is 0 Å². The zero-order valence-corrected chi connectivity index (χ0v) is 15.8. The Balaban J connectivity index is 2.14. The van der Waals surface area contributed by atoms with E-state index in [0.29, 0.717) is 0 Å². The van der Waals surface area contributed by atoms with Crippen molar-refractivity contribution in [2.24, 2.45) is 0 Å². The molecule has 0 aromatic heterocycles. The van der Waals surface area contributed by atoms with Crippen LogP contribution >= 0.6 is 25.3 Å². The number of anilines is 2. The standard InChI is InChI=1S/C20H26N2S2/c21-16-8-6-14(12-18(16)23)20(10-4-2-1-3-5-11-20)15-7-9-17(22)19(24)13-15/h6-9,12-13,23-24H,1-5,10-11,21-22H2. The van der Waals surface area contributed by atoms with Gasteiger partial charge in [-0.15, -0.1) is 25.3 Å². The van der Waals surface area contributed by atoms with E-state index in [0.717, 1.165) is 34.0 Å². The Morgan fingerprint density at radius 1 is 0.667 bits per heavy atom. The van der Waals surface area contributed by atoms with Gasteiger partial charge in [0.25, 0.3) is 0 Å². The molecular weight excluding hydrogens is 332 g/mol. The van der Waals surface area contributed by atoms with Crippen LogP contribution in [0.1, 0.15) is 56.1 Å². The van der Waals surface area contributed by atoms with Crippen LogP contribution in [0.3, 0.4) is 0 Å². The molecule has 128 valence electrons. The van der Waals surface area contributed by atoms with Crippen LogP contribution in [0.15, 0.2) is 46.2 Å². The lowest BCUT2D eigenvalue weighted by Gasteiger charge is -2.37. The zero-order chi connectivity index (χ0) is 17.2. The average Bonchev–Trinajstić information content (AvgIpc) is 2.53. The molecule has 0 saturated heterocycles. The molecule has 2 aromatic carbocycles. The molecule has 0 spiro atoms. The third-order valence-electron chi connectivity index (χ3n) is 5.37. The fourth-order valence-electron chi connectivity index (χ4n) is 3.94. The van der Waals surface area contributed by atoms with Crippen molar-refractivity contribution in [2.45, 2.75) is 60.2 Å². The van der Waals surface area contributed by atoms with Gasteiger partial charge in [0.05, 0.1) is 0 Å². The molecule has 3 rings (SSSR count). The molecule has 0 aliphatic heterocycles. The van der Waals surface area contributed by atoms with Crippen LogP contribution in [-0.4, -0.2) is 0 Å². The van der Waals surface area contributed by atoms with Gasteiger partial charge in [-0.1, -0.05) is 44.2 Å². The predicted molar refractivity (Wildman–Crippen MR) is 109 cm³/mol. The first-order valence-corrected chi connectivity index (χ1v) is 9.60. The average molecular weight is 359 g/mol. The van der Waals surface area contributed by atoms with Crippen LogP contribution < -0.4 is 11.5 Å². The number of hydrogen-bond donors (Lipinski definition) is 4. The Kier molecular flexibility index (Phi) is 5.36. The van der Waals surface area contributed by atoms with Crippen molar-refractivity contribution in [1.29, 1.82) is 0 Å². The predicted octanol–water partition coefficient (Wildman–Crippen LogP) is 5.46. The van der Waals surface area contributed by atoms with Gasteiger partial charge in [-0.25, -0.2) is 0 Å². The summed E-state index contributed by atoms with van der Waals surface area (Å²) in [4.78, 5) is 1.71. The Morgan fingerprint density at radius 3 is 1.50 bits per heavy atom. The second-order valence-corrected chi connectivity index (χ2v) is 7.86. The van der Waals surface area contributed by atoms with E-state index >= 15 is 0 Å². The van der Waals surface area contributed by atoms with Crippen molar-refractivity contribution in [2.75, 3.05) is 11.5 Å². The summed E-state index contributed by atoms with van der Waals surface area (Å²) in [7, 11) is 0. The Morgan fingerprint density at radius 2 is 1.08 bits per heavy atom. The highest BCUT2D eigenvalue weighted by molar-refractivity contribution is 7.80. The van der Waals surface area contributed by atoms with E-state index in [4.69, 9.17) is 11.5 Å². The molecule has 0 atom stereocenters. The first kappa shape index (κ1) is 17.6. The fourth-order valence-corrected chi connectivity index (χ4v) is 4.36. The topological polar surface area (TPSA) is 52.0 Å². The van der Waals surface area contributed by atoms with E-state index in [2.05, 4.69) is 49.5 Å². The molecule has 1 fully saturated rings. The van der Waals surface area contributed by atoms with E-state index < -0.39 is 0 Å². The summed E-state index contributed by atoms with van der Waals surface area (Å²) < 4.78 is 0. The second kappa shape index (κ2) is 7.32. The maximum atomic E-state index is 5.99. The van der Waals surface area contributed by atoms with Crippen molar-refractivity contribution in [3.8, 4) is 0 Å². The van der Waals surface area contributed by atoms with Crippen LogP contribution in [0.4, 0.5) is 11.4 Å². The number of thiol groups is 2. The monoisotopic (exact) mass is 358 g/mol. The lowest BCUT2D eigenvalue weighted by Crippen LogP contribution is -2.29. The van der Waals surface area contributed by atoms with Gasteiger partial charge in [-0.05, 0) is 48.2 Å². The van der Waals surface area contributed by atoms with E-state index in [1.807, 2.05) is 12.1 Å². The van der Waals surface area contributed by atoms with Gasteiger partial charge in [0.1, 0.15) is 0 Å². The molecule has 0 unspecified atom stereocenters. The second-order valence-electron chi connectivity index (χ2n) is 6.90. The first-order valence-electron chi connectivity index (χ1n) is 8.71. The van der Waals surface area contributed by atoms with E-state index in [-0.39, 0.29) is 5.41 Å². The highest BCUT2D eigenvalue weighted by Crippen LogP contribution is 2.45. The number of rotatable bonds is 2. The molecule has 2 aromatic rings. The minimum atomic E-state index is -0.00319. The Bertz CT molecular complexity index is 666. The third kappa shape index (κ3) is 3.40. The summed E-state index contributed by atoms with van der Waals surface area (Å²) in [5, 5.41) is 0. The SMILES string of the molecule is Nc1ccc(C2(c3ccc(N)c(S)c3)CCCCCCC2)cc1S. The summed E-state index contributed by atoms with van der Waals surface area (Å²) in [5.41, 5.74) is 16.1. The number of nitrogens with two attached hydrogens (primary N) is 2. The van der Waals surface area contributed by atoms with E-state index in [1.165, 1.54) is 43.2 Å². The molecular formula is C20H26N2S2. The van der Waals surface area contributed by atoms with Crippen molar-refractivity contribution in [3.05, 3.63) is 47.5 Å². The number of benzene rings is 2. The number of hydrogen-bond acceptors (Lipinski definition) is 4. The molecule has 1 aliphatic rings. The molecule has 0 heterocycles. The zero-order valence-electron chi connectivity index (χ0n) is 14.0. The van der Waals surface area contributed by atoms with Crippen LogP contribution in [0.2, 0.25) is 0 Å². The highest BCUT2D eigenvalue weighted by Gasteiger charge is 2.34. The maximum absolute atomic E-state index is 5.99. The van der Waals surface area contributed by atoms with Gasteiger partial charge < -0.3 is 11.5 Å². The van der Waals surface area contributed by atoms with Gasteiger partial charge in [0.2, 0.25) is 0 Å². The molecule has 4 heteroatoms. The normalized spacial score (nSPS) is 17.9. The maximum Gasteiger partial charge on any atom is 0.0449 e. The largest absolute Gasteiger partial charge is 0.398 e. The van der Waals surface area contributed by atoms with Gasteiger partial charge in [-0.2, -0.15) is 0 Å². The molecule has 0 bridgehead atoms. The van der Waals surface area contributed by atoms with Gasteiger partial charge >= 0.3 is 0 Å². The fraction of sp³-hybridized carbons (Fsp3) is 0.400. The molecule has 2 nitrogen and oxygen atoms in total. The molecule has 1 saturated carbocycles. The molecule has 0 amide bonds. The van der Waals surface area contributed by atoms with Gasteiger partial charge in [0, 0.05) is 26.6 Å². The quantitative estimate of drug-likeness (QED) is 0.426. The smallest absolute Gasteiger partial charge is 0.0449 e. The summed E-state index contributed by atoms with van der Waals surface area (Å²) in [6.07, 6.45) is 8.69. The Hall–Kier alpha value is -1.26. The van der Waals surface area contributed by atoms with Crippen LogP contribution in [0, 0.1) is 0 Å². The molecule has 1 aliphatic carbocycles. The summed E-state index contributed by atoms with van der Waals surface area (Å²) in [5.74, 6) is 0. The van der Waals surface area contributed by atoms with E-state index in [9.17, 15) is 0 Å². The lowest BCUT2D eigenvalue weighted by molar-refractivity contribution is 0.366. The minimum absolute atomic E-state index is 0.00319. The molecule has 24 heavy (non-hydrogen) atoms. The van der Waals surface area contributed by atoms with Crippen LogP contribution in [0.5, 0.6) is 0 Å². The highest BCUT2D eigenvalue weighted by atomic mass is 32.1. The lowest BCUT2D eigenvalue weighted by atomic mass is 9.67. The summed E-state index contributed by atoms with van der Waals surface area (Å²) >= 11 is 9.12. The van der Waals surface area contributed by atoms with Gasteiger partial charge in [-0.3, -0.25) is 0 Å². The summed E-state index contributed by atoms with van der Waals surface area (Å²) in [6.45, 7) is 0. The van der Waals surface area contributed by atoms with Gasteiger partial charge in [0.15, 0.2) is 0 Å². The molecule has 0 radical (unpaired) electrons. The van der Waals surface area contributed by atoms with Crippen molar-refractivity contribution >= 4 is 36.6 Å².